The molecule has 0 aliphatic carbocycles. The second-order valence-electron chi connectivity index (χ2n) is 10.2. The number of hydrogen-bond acceptors (Lipinski definition) is 5. The number of aromatic nitrogens is 5. The zero-order valence-corrected chi connectivity index (χ0v) is 21.2. The molecule has 36 heavy (non-hydrogen) atoms. The van der Waals surface area contributed by atoms with E-state index in [-0.39, 0.29) is 17.5 Å². The third-order valence-corrected chi connectivity index (χ3v) is 6.46. The Balaban J connectivity index is 1.53. The fraction of sp³-hybridized carbons (Fsp3) is 0.310. The average Bonchev–Trinajstić information content (AvgIpc) is 3.49. The maximum Gasteiger partial charge on any atom is 0.277 e. The summed E-state index contributed by atoms with van der Waals surface area (Å²) in [5.74, 6) is 0.966. The van der Waals surface area contributed by atoms with Gasteiger partial charge in [-0.05, 0) is 23.0 Å². The number of hydrogen-bond donors (Lipinski definition) is 0. The van der Waals surface area contributed by atoms with Crippen molar-refractivity contribution in [3.8, 4) is 22.5 Å². The average molecular weight is 482 g/mol. The molecule has 7 heteroatoms. The van der Waals surface area contributed by atoms with Crippen LogP contribution in [0.1, 0.15) is 52.0 Å². The molecule has 0 fully saturated rings. The summed E-state index contributed by atoms with van der Waals surface area (Å²) in [5, 5.41) is 4.20. The number of benzene rings is 2. The van der Waals surface area contributed by atoms with E-state index in [0.717, 1.165) is 29.5 Å². The molecule has 0 spiro atoms. The summed E-state index contributed by atoms with van der Waals surface area (Å²) in [7, 11) is 0. The fourth-order valence-corrected chi connectivity index (χ4v) is 4.36. The van der Waals surface area contributed by atoms with Crippen molar-refractivity contribution in [2.45, 2.75) is 59.0 Å². The molecule has 0 N–H and O–H groups in total. The summed E-state index contributed by atoms with van der Waals surface area (Å²) in [5.41, 5.74) is 5.28. The predicted molar refractivity (Wildman–Crippen MR) is 142 cm³/mol. The summed E-state index contributed by atoms with van der Waals surface area (Å²) >= 11 is 0. The third kappa shape index (κ3) is 4.61. The predicted octanol–water partition coefficient (Wildman–Crippen LogP) is 6.06. The smallest absolute Gasteiger partial charge is 0.277 e. The van der Waals surface area contributed by atoms with E-state index in [0.29, 0.717) is 29.3 Å². The van der Waals surface area contributed by atoms with Crippen molar-refractivity contribution in [2.24, 2.45) is 0 Å². The van der Waals surface area contributed by atoms with E-state index >= 15 is 0 Å². The molecule has 7 nitrogen and oxygen atoms in total. The number of fused-ring (bicyclic) bond motifs is 1. The molecule has 3 heterocycles. The maximum atomic E-state index is 13.5. The van der Waals surface area contributed by atoms with Crippen LogP contribution in [0.4, 0.5) is 0 Å². The van der Waals surface area contributed by atoms with Crippen LogP contribution in [0.2, 0.25) is 0 Å². The summed E-state index contributed by atoms with van der Waals surface area (Å²) < 4.78 is 9.18. The van der Waals surface area contributed by atoms with Gasteiger partial charge in [0, 0.05) is 23.9 Å². The van der Waals surface area contributed by atoms with Crippen LogP contribution in [0, 0.1) is 0 Å². The molecule has 0 radical (unpaired) electrons. The number of unbranched alkanes of at least 4 members (excludes halogenated alkanes) is 1. The Morgan fingerprint density at radius 2 is 1.69 bits per heavy atom. The highest BCUT2D eigenvalue weighted by atomic mass is 16.5. The zero-order valence-electron chi connectivity index (χ0n) is 21.2. The normalized spacial score (nSPS) is 11.9. The first kappa shape index (κ1) is 23.7. The highest BCUT2D eigenvalue weighted by Crippen LogP contribution is 2.29. The Morgan fingerprint density at radius 1 is 0.944 bits per heavy atom. The molecular formula is C29H31N5O2. The fourth-order valence-electron chi connectivity index (χ4n) is 4.36. The molecular weight excluding hydrogens is 450 g/mol. The maximum absolute atomic E-state index is 13.5. The van der Waals surface area contributed by atoms with E-state index in [2.05, 4.69) is 55.0 Å². The van der Waals surface area contributed by atoms with E-state index in [9.17, 15) is 4.79 Å². The molecule has 0 amide bonds. The second-order valence-corrected chi connectivity index (χ2v) is 10.2. The molecule has 0 saturated carbocycles. The standard InChI is InChI=1S/C29H31N5O2/c1-5-6-16-33-19-30-25-23(20-10-8-7-9-11-20)17-34(26(25)28(33)35)18-24-31-27(32-36-24)21-12-14-22(15-13-21)29(2,3)4/h7-15,17,19H,5-6,16,18H2,1-4H3. The summed E-state index contributed by atoms with van der Waals surface area (Å²) in [6.45, 7) is 9.58. The monoisotopic (exact) mass is 481 g/mol. The SMILES string of the molecule is CCCCn1cnc2c(-c3ccccc3)cn(Cc3nc(-c4ccc(C(C)(C)C)cc4)no3)c2c1=O. The number of rotatable bonds is 7. The molecule has 5 rings (SSSR count). The Hall–Kier alpha value is -4.00. The van der Waals surface area contributed by atoms with Gasteiger partial charge in [-0.25, -0.2) is 4.98 Å². The lowest BCUT2D eigenvalue weighted by molar-refractivity contribution is 0.373. The van der Waals surface area contributed by atoms with E-state index < -0.39 is 0 Å². The van der Waals surface area contributed by atoms with Gasteiger partial charge in [-0.2, -0.15) is 4.98 Å². The molecule has 2 aromatic carbocycles. The molecule has 0 aliphatic rings. The van der Waals surface area contributed by atoms with Crippen molar-refractivity contribution in [2.75, 3.05) is 0 Å². The van der Waals surface area contributed by atoms with Crippen LogP contribution in [0.15, 0.2) is 76.4 Å². The first-order valence-corrected chi connectivity index (χ1v) is 12.4. The zero-order chi connectivity index (χ0) is 25.3. The minimum atomic E-state index is -0.0619. The Kier molecular flexibility index (Phi) is 6.31. The van der Waals surface area contributed by atoms with Gasteiger partial charge >= 0.3 is 0 Å². The van der Waals surface area contributed by atoms with E-state index in [1.54, 1.807) is 10.9 Å². The highest BCUT2D eigenvalue weighted by molar-refractivity contribution is 5.92. The van der Waals surface area contributed by atoms with Crippen molar-refractivity contribution < 1.29 is 4.52 Å². The van der Waals surface area contributed by atoms with Crippen LogP contribution >= 0.6 is 0 Å². The lowest BCUT2D eigenvalue weighted by Gasteiger charge is -2.18. The van der Waals surface area contributed by atoms with Crippen LogP contribution in [-0.2, 0) is 18.5 Å². The van der Waals surface area contributed by atoms with Crippen molar-refractivity contribution in [3.05, 3.63) is 88.9 Å². The highest BCUT2D eigenvalue weighted by Gasteiger charge is 2.19. The molecule has 0 aliphatic heterocycles. The van der Waals surface area contributed by atoms with E-state index in [4.69, 9.17) is 4.52 Å². The van der Waals surface area contributed by atoms with Gasteiger partial charge in [-0.1, -0.05) is 93.9 Å². The van der Waals surface area contributed by atoms with Crippen LogP contribution < -0.4 is 5.56 Å². The Bertz CT molecular complexity index is 1540. The summed E-state index contributed by atoms with van der Waals surface area (Å²) in [4.78, 5) is 22.8. The van der Waals surface area contributed by atoms with Gasteiger partial charge in [0.15, 0.2) is 0 Å². The quantitative estimate of drug-likeness (QED) is 0.282. The molecule has 5 aromatic rings. The Morgan fingerprint density at radius 3 is 2.39 bits per heavy atom. The van der Waals surface area contributed by atoms with Gasteiger partial charge in [-0.15, -0.1) is 0 Å². The van der Waals surface area contributed by atoms with E-state index in [1.807, 2.05) is 53.2 Å². The minimum Gasteiger partial charge on any atom is -0.337 e. The van der Waals surface area contributed by atoms with Gasteiger partial charge in [-0.3, -0.25) is 9.36 Å². The number of nitrogens with zero attached hydrogens (tertiary/aromatic N) is 5. The first-order valence-electron chi connectivity index (χ1n) is 12.4. The van der Waals surface area contributed by atoms with Crippen LogP contribution in [0.3, 0.4) is 0 Å². The first-order chi connectivity index (χ1) is 17.3. The van der Waals surface area contributed by atoms with Gasteiger partial charge in [0.1, 0.15) is 17.6 Å². The second kappa shape index (κ2) is 9.57. The van der Waals surface area contributed by atoms with E-state index in [1.165, 1.54) is 5.56 Å². The number of aryl methyl sites for hydroxylation is 1. The van der Waals surface area contributed by atoms with Crippen molar-refractivity contribution in [1.82, 2.24) is 24.3 Å². The van der Waals surface area contributed by atoms with Crippen molar-refractivity contribution in [3.63, 3.8) is 0 Å². The topological polar surface area (TPSA) is 78.7 Å². The lowest BCUT2D eigenvalue weighted by atomic mass is 9.87. The van der Waals surface area contributed by atoms with Crippen molar-refractivity contribution in [1.29, 1.82) is 0 Å². The summed E-state index contributed by atoms with van der Waals surface area (Å²) in [6, 6.07) is 18.2. The summed E-state index contributed by atoms with van der Waals surface area (Å²) in [6.07, 6.45) is 5.53. The van der Waals surface area contributed by atoms with Crippen LogP contribution in [-0.4, -0.2) is 24.3 Å². The molecule has 184 valence electrons. The Labute approximate surface area is 210 Å². The molecule has 0 bridgehead atoms. The van der Waals surface area contributed by atoms with Gasteiger partial charge in [0.2, 0.25) is 11.7 Å². The van der Waals surface area contributed by atoms with Gasteiger partial charge in [0.25, 0.3) is 5.56 Å². The van der Waals surface area contributed by atoms with Crippen LogP contribution in [0.5, 0.6) is 0 Å². The largest absolute Gasteiger partial charge is 0.337 e. The minimum absolute atomic E-state index is 0.0619. The van der Waals surface area contributed by atoms with Gasteiger partial charge < -0.3 is 9.09 Å². The van der Waals surface area contributed by atoms with Crippen LogP contribution in [0.25, 0.3) is 33.5 Å². The molecule has 0 atom stereocenters. The third-order valence-electron chi connectivity index (χ3n) is 6.46. The molecule has 3 aromatic heterocycles. The molecule has 0 saturated heterocycles. The van der Waals surface area contributed by atoms with Crippen molar-refractivity contribution >= 4 is 11.0 Å². The lowest BCUT2D eigenvalue weighted by Crippen LogP contribution is -2.22. The molecule has 0 unspecified atom stereocenters. The van der Waals surface area contributed by atoms with Gasteiger partial charge in [0.05, 0.1) is 6.33 Å².